The Morgan fingerprint density at radius 3 is 2.56 bits per heavy atom. The minimum Gasteiger partial charge on any atom is -0.493 e. The molecule has 0 saturated heterocycles. The molecule has 0 aliphatic carbocycles. The molecule has 2 N–H and O–H groups in total. The van der Waals surface area contributed by atoms with E-state index in [0.29, 0.717) is 28.3 Å². The van der Waals surface area contributed by atoms with Gasteiger partial charge in [0.25, 0.3) is 5.91 Å². The summed E-state index contributed by atoms with van der Waals surface area (Å²) in [6, 6.07) is 21.6. The molecule has 1 aromatic heterocycles. The molecule has 8 heteroatoms. The fourth-order valence-corrected chi connectivity index (χ4v) is 3.18. The Labute approximate surface area is 196 Å². The lowest BCUT2D eigenvalue weighted by molar-refractivity contribution is -0.118. The molecule has 4 aromatic rings. The van der Waals surface area contributed by atoms with Gasteiger partial charge in [0.15, 0.2) is 23.9 Å². The first kappa shape index (κ1) is 22.6. The number of furan rings is 1. The standard InChI is InChI=1S/C26H23N3O5/c1-17-7-10-20(11-8-17)28-25(30)16-33-22-12-9-18(13-23(22)32-2)15-27-29-26(31)24-14-19-5-3-4-6-21(19)34-24/h3-15H,16H2,1-2H3,(H,28,30)(H,29,31)/b27-15+. The Balaban J connectivity index is 1.33. The second-order valence-corrected chi connectivity index (χ2v) is 7.46. The molecule has 0 unspecified atom stereocenters. The first-order chi connectivity index (χ1) is 16.5. The van der Waals surface area contributed by atoms with E-state index in [-0.39, 0.29) is 18.3 Å². The molecule has 0 fully saturated rings. The van der Waals surface area contributed by atoms with Crippen LogP contribution in [0.5, 0.6) is 11.5 Å². The number of para-hydroxylation sites is 1. The third-order valence-corrected chi connectivity index (χ3v) is 4.91. The molecule has 0 bridgehead atoms. The first-order valence-electron chi connectivity index (χ1n) is 10.5. The van der Waals surface area contributed by atoms with E-state index in [2.05, 4.69) is 15.8 Å². The Morgan fingerprint density at radius 1 is 1.00 bits per heavy atom. The van der Waals surface area contributed by atoms with Crippen LogP contribution >= 0.6 is 0 Å². The Bertz CT molecular complexity index is 1310. The molecule has 2 amide bonds. The summed E-state index contributed by atoms with van der Waals surface area (Å²) < 4.78 is 16.5. The number of fused-ring (bicyclic) bond motifs is 1. The number of rotatable bonds is 8. The van der Waals surface area contributed by atoms with Crippen molar-refractivity contribution in [1.82, 2.24) is 5.43 Å². The minimum absolute atomic E-state index is 0.170. The van der Waals surface area contributed by atoms with Crippen molar-refractivity contribution in [3.63, 3.8) is 0 Å². The summed E-state index contributed by atoms with van der Waals surface area (Å²) in [5.41, 5.74) is 5.54. The number of ether oxygens (including phenoxy) is 2. The molecule has 0 aliphatic rings. The third-order valence-electron chi connectivity index (χ3n) is 4.91. The number of amides is 2. The summed E-state index contributed by atoms with van der Waals surface area (Å²) in [5.74, 6) is 0.258. The fourth-order valence-electron chi connectivity index (χ4n) is 3.18. The lowest BCUT2D eigenvalue weighted by Gasteiger charge is -2.11. The Hall–Kier alpha value is -4.59. The van der Waals surface area contributed by atoms with Crippen LogP contribution in [0, 0.1) is 6.92 Å². The van der Waals surface area contributed by atoms with E-state index in [1.165, 1.54) is 13.3 Å². The van der Waals surface area contributed by atoms with Crippen molar-refractivity contribution < 1.29 is 23.5 Å². The molecule has 0 aliphatic heterocycles. The molecule has 34 heavy (non-hydrogen) atoms. The number of hydrogen-bond donors (Lipinski definition) is 2. The number of benzene rings is 3. The van der Waals surface area contributed by atoms with Gasteiger partial charge in [-0.1, -0.05) is 35.9 Å². The number of anilines is 1. The lowest BCUT2D eigenvalue weighted by Crippen LogP contribution is -2.20. The van der Waals surface area contributed by atoms with Gasteiger partial charge in [0.2, 0.25) is 0 Å². The lowest BCUT2D eigenvalue weighted by atomic mass is 10.2. The Morgan fingerprint density at radius 2 is 1.79 bits per heavy atom. The number of hydrogen-bond acceptors (Lipinski definition) is 6. The predicted octanol–water partition coefficient (Wildman–Crippen LogP) is 4.53. The molecule has 1 heterocycles. The fraction of sp³-hybridized carbons (Fsp3) is 0.115. The highest BCUT2D eigenvalue weighted by molar-refractivity contribution is 5.96. The molecule has 172 valence electrons. The van der Waals surface area contributed by atoms with Gasteiger partial charge < -0.3 is 19.2 Å². The first-order valence-corrected chi connectivity index (χ1v) is 10.5. The molecule has 0 spiro atoms. The van der Waals surface area contributed by atoms with Crippen molar-refractivity contribution in [3.05, 3.63) is 89.7 Å². The van der Waals surface area contributed by atoms with E-state index in [0.717, 1.165) is 10.9 Å². The monoisotopic (exact) mass is 457 g/mol. The van der Waals surface area contributed by atoms with Gasteiger partial charge >= 0.3 is 5.91 Å². The number of carbonyl (C=O) groups is 2. The van der Waals surface area contributed by atoms with Crippen molar-refractivity contribution >= 4 is 34.7 Å². The van der Waals surface area contributed by atoms with E-state index in [1.807, 2.05) is 49.4 Å². The van der Waals surface area contributed by atoms with E-state index >= 15 is 0 Å². The van der Waals surface area contributed by atoms with Crippen molar-refractivity contribution in [1.29, 1.82) is 0 Å². The zero-order valence-electron chi connectivity index (χ0n) is 18.7. The highest BCUT2D eigenvalue weighted by atomic mass is 16.5. The van der Waals surface area contributed by atoms with Crippen LogP contribution in [0.1, 0.15) is 21.7 Å². The molecule has 3 aromatic carbocycles. The average Bonchev–Trinajstić information content (AvgIpc) is 3.29. The molecule has 8 nitrogen and oxygen atoms in total. The van der Waals surface area contributed by atoms with Crippen LogP contribution in [0.25, 0.3) is 11.0 Å². The number of nitrogens with zero attached hydrogens (tertiary/aromatic N) is 1. The molecule has 0 saturated carbocycles. The number of nitrogens with one attached hydrogen (secondary N) is 2. The summed E-state index contributed by atoms with van der Waals surface area (Å²) in [6.07, 6.45) is 1.47. The SMILES string of the molecule is COc1cc(/C=N/NC(=O)c2cc3ccccc3o2)ccc1OCC(=O)Nc1ccc(C)cc1. The Kier molecular flexibility index (Phi) is 6.88. The number of hydrazone groups is 1. The summed E-state index contributed by atoms with van der Waals surface area (Å²) in [7, 11) is 1.50. The molecule has 0 atom stereocenters. The van der Waals surface area contributed by atoms with Gasteiger partial charge in [-0.3, -0.25) is 9.59 Å². The predicted molar refractivity (Wildman–Crippen MR) is 130 cm³/mol. The number of methoxy groups -OCH3 is 1. The van der Waals surface area contributed by atoms with Crippen molar-refractivity contribution in [3.8, 4) is 11.5 Å². The quantitative estimate of drug-likeness (QED) is 0.299. The summed E-state index contributed by atoms with van der Waals surface area (Å²) >= 11 is 0. The van der Waals surface area contributed by atoms with Crippen LogP contribution < -0.4 is 20.2 Å². The third kappa shape index (κ3) is 5.60. The number of aryl methyl sites for hydroxylation is 1. The maximum absolute atomic E-state index is 12.3. The van der Waals surface area contributed by atoms with Gasteiger partial charge in [-0.25, -0.2) is 5.43 Å². The maximum atomic E-state index is 12.3. The van der Waals surface area contributed by atoms with E-state index in [4.69, 9.17) is 13.9 Å². The van der Waals surface area contributed by atoms with Crippen LogP contribution in [0.3, 0.4) is 0 Å². The van der Waals surface area contributed by atoms with Gasteiger partial charge in [0, 0.05) is 11.1 Å². The van der Waals surface area contributed by atoms with E-state index in [9.17, 15) is 9.59 Å². The van der Waals surface area contributed by atoms with Crippen LogP contribution in [-0.2, 0) is 4.79 Å². The van der Waals surface area contributed by atoms with Crippen LogP contribution in [-0.4, -0.2) is 31.7 Å². The van der Waals surface area contributed by atoms with Gasteiger partial charge in [-0.2, -0.15) is 5.10 Å². The van der Waals surface area contributed by atoms with Crippen molar-refractivity contribution in [2.24, 2.45) is 5.10 Å². The van der Waals surface area contributed by atoms with Crippen molar-refractivity contribution in [2.75, 3.05) is 19.0 Å². The van der Waals surface area contributed by atoms with Crippen LogP contribution in [0.4, 0.5) is 5.69 Å². The normalized spacial score (nSPS) is 10.9. The minimum atomic E-state index is -0.459. The van der Waals surface area contributed by atoms with Gasteiger partial charge in [0.05, 0.1) is 13.3 Å². The summed E-state index contributed by atoms with van der Waals surface area (Å²) in [5, 5.41) is 7.59. The van der Waals surface area contributed by atoms with Crippen LogP contribution in [0.2, 0.25) is 0 Å². The summed E-state index contributed by atoms with van der Waals surface area (Å²) in [4.78, 5) is 24.4. The molecular formula is C26H23N3O5. The van der Waals surface area contributed by atoms with Gasteiger partial charge in [-0.05, 0) is 55.0 Å². The largest absolute Gasteiger partial charge is 0.493 e. The smallest absolute Gasteiger partial charge is 0.307 e. The van der Waals surface area contributed by atoms with E-state index < -0.39 is 5.91 Å². The maximum Gasteiger partial charge on any atom is 0.307 e. The second-order valence-electron chi connectivity index (χ2n) is 7.46. The van der Waals surface area contributed by atoms with Crippen LogP contribution in [0.15, 0.2) is 82.3 Å². The second kappa shape index (κ2) is 10.4. The topological polar surface area (TPSA) is 102 Å². The van der Waals surface area contributed by atoms with Crippen molar-refractivity contribution in [2.45, 2.75) is 6.92 Å². The zero-order valence-corrected chi connectivity index (χ0v) is 18.7. The molecular weight excluding hydrogens is 434 g/mol. The highest BCUT2D eigenvalue weighted by Crippen LogP contribution is 2.27. The molecule has 0 radical (unpaired) electrons. The van der Waals surface area contributed by atoms with Gasteiger partial charge in [0.1, 0.15) is 5.58 Å². The summed E-state index contributed by atoms with van der Waals surface area (Å²) in [6.45, 7) is 1.80. The van der Waals surface area contributed by atoms with Gasteiger partial charge in [-0.15, -0.1) is 0 Å². The highest BCUT2D eigenvalue weighted by Gasteiger charge is 2.12. The van der Waals surface area contributed by atoms with E-state index in [1.54, 1.807) is 30.3 Å². The number of carbonyl (C=O) groups excluding carboxylic acids is 2. The average molecular weight is 457 g/mol. The zero-order chi connectivity index (χ0) is 23.9. The molecule has 4 rings (SSSR count).